The van der Waals surface area contributed by atoms with E-state index in [0.29, 0.717) is 10.9 Å². The Bertz CT molecular complexity index is 495. The van der Waals surface area contributed by atoms with Gasteiger partial charge in [0.25, 0.3) is 5.78 Å². The lowest BCUT2D eigenvalue weighted by molar-refractivity contribution is 0.405. The van der Waals surface area contributed by atoms with Crippen LogP contribution in [0.3, 0.4) is 0 Å². The summed E-state index contributed by atoms with van der Waals surface area (Å²) >= 11 is 5.90. The van der Waals surface area contributed by atoms with Crippen molar-refractivity contribution in [2.75, 3.05) is 32.5 Å². The van der Waals surface area contributed by atoms with Crippen LogP contribution in [-0.4, -0.2) is 51.7 Å². The van der Waals surface area contributed by atoms with E-state index in [2.05, 4.69) is 39.4 Å². The molecule has 7 heteroatoms. The average Bonchev–Trinajstić information content (AvgIpc) is 2.71. The first-order valence-corrected chi connectivity index (χ1v) is 5.79. The number of nitrogens with zero attached hydrogens (tertiary/aromatic N) is 5. The fourth-order valence-corrected chi connectivity index (χ4v) is 1.70. The van der Waals surface area contributed by atoms with E-state index in [1.807, 2.05) is 0 Å². The van der Waals surface area contributed by atoms with Crippen molar-refractivity contribution in [1.29, 1.82) is 0 Å². The number of halogens is 1. The molecule has 0 radical (unpaired) electrons. The molecule has 17 heavy (non-hydrogen) atoms. The Morgan fingerprint density at radius 2 is 2.29 bits per heavy atom. The van der Waals surface area contributed by atoms with E-state index in [9.17, 15) is 0 Å². The Balaban J connectivity index is 2.04. The summed E-state index contributed by atoms with van der Waals surface area (Å²) in [5, 5.41) is 7.78. The summed E-state index contributed by atoms with van der Waals surface area (Å²) in [5.74, 6) is 1.32. The Labute approximate surface area is 105 Å². The van der Waals surface area contributed by atoms with E-state index in [4.69, 9.17) is 11.6 Å². The molecule has 0 saturated heterocycles. The number of anilines is 1. The van der Waals surface area contributed by atoms with Gasteiger partial charge in [-0.25, -0.2) is 0 Å². The molecule has 2 aromatic heterocycles. The highest BCUT2D eigenvalue weighted by Crippen LogP contribution is 2.14. The number of nitrogens with one attached hydrogen (secondary N) is 1. The van der Waals surface area contributed by atoms with Crippen molar-refractivity contribution in [2.45, 2.75) is 6.42 Å². The predicted molar refractivity (Wildman–Crippen MR) is 67.5 cm³/mol. The van der Waals surface area contributed by atoms with Crippen LogP contribution >= 0.6 is 11.6 Å². The van der Waals surface area contributed by atoms with Crippen LogP contribution < -0.4 is 5.32 Å². The zero-order valence-electron chi connectivity index (χ0n) is 9.89. The molecule has 0 saturated carbocycles. The second-order valence-corrected chi connectivity index (χ2v) is 4.41. The number of hydrogen-bond acceptors (Lipinski definition) is 5. The number of fused-ring (bicyclic) bond motifs is 1. The monoisotopic (exact) mass is 254 g/mol. The molecule has 0 spiro atoms. The summed E-state index contributed by atoms with van der Waals surface area (Å²) in [6.07, 6.45) is 2.51. The minimum absolute atomic E-state index is 0.417. The second kappa shape index (κ2) is 5.29. The van der Waals surface area contributed by atoms with Crippen LogP contribution in [0.25, 0.3) is 5.78 Å². The summed E-state index contributed by atoms with van der Waals surface area (Å²) in [4.78, 5) is 10.2. The maximum absolute atomic E-state index is 5.90. The van der Waals surface area contributed by atoms with E-state index in [1.54, 1.807) is 10.6 Å². The van der Waals surface area contributed by atoms with Crippen molar-refractivity contribution in [2.24, 2.45) is 0 Å². The highest BCUT2D eigenvalue weighted by molar-refractivity contribution is 6.29. The average molecular weight is 255 g/mol. The standard InChI is InChI=1S/C10H15ClN6/c1-16(2)5-3-4-12-9-6-8(11)15-10-13-7-14-17(9)10/h6-7,12H,3-5H2,1-2H3. The van der Waals surface area contributed by atoms with Crippen LogP contribution in [-0.2, 0) is 0 Å². The van der Waals surface area contributed by atoms with Crippen molar-refractivity contribution in [3.05, 3.63) is 17.5 Å². The van der Waals surface area contributed by atoms with Gasteiger partial charge in [-0.2, -0.15) is 19.6 Å². The summed E-state index contributed by atoms with van der Waals surface area (Å²) in [5.41, 5.74) is 0. The summed E-state index contributed by atoms with van der Waals surface area (Å²) in [6, 6.07) is 1.75. The predicted octanol–water partition coefficient (Wildman–Crippen LogP) is 1.14. The van der Waals surface area contributed by atoms with Gasteiger partial charge in [0.15, 0.2) is 0 Å². The second-order valence-electron chi connectivity index (χ2n) is 4.02. The van der Waals surface area contributed by atoms with Crippen LogP contribution in [0.1, 0.15) is 6.42 Å². The quantitative estimate of drug-likeness (QED) is 0.641. The van der Waals surface area contributed by atoms with Gasteiger partial charge in [-0.05, 0) is 27.1 Å². The molecular weight excluding hydrogens is 240 g/mol. The third kappa shape index (κ3) is 3.04. The van der Waals surface area contributed by atoms with E-state index < -0.39 is 0 Å². The number of aromatic nitrogens is 4. The van der Waals surface area contributed by atoms with Crippen LogP contribution in [0, 0.1) is 0 Å². The molecule has 0 aliphatic carbocycles. The lowest BCUT2D eigenvalue weighted by atomic mass is 10.4. The molecular formula is C10H15ClN6. The first-order chi connectivity index (χ1) is 8.16. The maximum atomic E-state index is 5.90. The maximum Gasteiger partial charge on any atom is 0.255 e. The minimum Gasteiger partial charge on any atom is -0.370 e. The first kappa shape index (κ1) is 12.1. The molecule has 0 fully saturated rings. The fourth-order valence-electron chi connectivity index (χ4n) is 1.52. The van der Waals surface area contributed by atoms with Crippen molar-refractivity contribution < 1.29 is 0 Å². The molecule has 6 nitrogen and oxygen atoms in total. The molecule has 92 valence electrons. The van der Waals surface area contributed by atoms with Gasteiger partial charge in [0, 0.05) is 12.6 Å². The molecule has 0 aromatic carbocycles. The Hall–Kier alpha value is -1.40. The molecule has 0 aliphatic rings. The van der Waals surface area contributed by atoms with E-state index in [-0.39, 0.29) is 0 Å². The third-order valence-corrected chi connectivity index (χ3v) is 2.50. The lowest BCUT2D eigenvalue weighted by Crippen LogP contribution is -2.17. The molecule has 1 N–H and O–H groups in total. The molecule has 0 unspecified atom stereocenters. The van der Waals surface area contributed by atoms with Gasteiger partial charge in [-0.15, -0.1) is 0 Å². The van der Waals surface area contributed by atoms with Gasteiger partial charge in [-0.1, -0.05) is 11.6 Å². The molecule has 0 bridgehead atoms. The molecule has 0 amide bonds. The normalized spacial score (nSPS) is 11.3. The van der Waals surface area contributed by atoms with Crippen molar-refractivity contribution in [1.82, 2.24) is 24.5 Å². The van der Waals surface area contributed by atoms with E-state index in [1.165, 1.54) is 6.33 Å². The Morgan fingerprint density at radius 1 is 1.47 bits per heavy atom. The van der Waals surface area contributed by atoms with Gasteiger partial charge in [-0.3, -0.25) is 0 Å². The van der Waals surface area contributed by atoms with E-state index in [0.717, 1.165) is 25.3 Å². The van der Waals surface area contributed by atoms with Gasteiger partial charge in [0.2, 0.25) is 0 Å². The fraction of sp³-hybridized carbons (Fsp3) is 0.500. The highest BCUT2D eigenvalue weighted by Gasteiger charge is 2.05. The Kier molecular flexibility index (Phi) is 3.75. The van der Waals surface area contributed by atoms with E-state index >= 15 is 0 Å². The minimum atomic E-state index is 0.417. The largest absolute Gasteiger partial charge is 0.370 e. The molecule has 2 heterocycles. The highest BCUT2D eigenvalue weighted by atomic mass is 35.5. The van der Waals surface area contributed by atoms with Gasteiger partial charge in [0.05, 0.1) is 0 Å². The SMILES string of the molecule is CN(C)CCCNc1cc(Cl)nc2ncnn12. The van der Waals surface area contributed by atoms with Crippen LogP contribution in [0.15, 0.2) is 12.4 Å². The smallest absolute Gasteiger partial charge is 0.255 e. The van der Waals surface area contributed by atoms with Gasteiger partial charge < -0.3 is 10.2 Å². The third-order valence-electron chi connectivity index (χ3n) is 2.31. The zero-order chi connectivity index (χ0) is 12.3. The Morgan fingerprint density at radius 3 is 3.06 bits per heavy atom. The van der Waals surface area contributed by atoms with Crippen LogP contribution in [0.4, 0.5) is 5.82 Å². The van der Waals surface area contributed by atoms with Crippen LogP contribution in [0.5, 0.6) is 0 Å². The zero-order valence-corrected chi connectivity index (χ0v) is 10.6. The molecule has 0 atom stereocenters. The number of hydrogen-bond donors (Lipinski definition) is 1. The molecule has 2 rings (SSSR count). The topological polar surface area (TPSA) is 58.3 Å². The first-order valence-electron chi connectivity index (χ1n) is 5.41. The summed E-state index contributed by atoms with van der Waals surface area (Å²) < 4.78 is 1.64. The van der Waals surface area contributed by atoms with Crippen molar-refractivity contribution in [3.63, 3.8) is 0 Å². The van der Waals surface area contributed by atoms with Crippen LogP contribution in [0.2, 0.25) is 5.15 Å². The number of rotatable bonds is 5. The lowest BCUT2D eigenvalue weighted by Gasteiger charge is -2.11. The van der Waals surface area contributed by atoms with Gasteiger partial charge >= 0.3 is 0 Å². The molecule has 0 aliphatic heterocycles. The van der Waals surface area contributed by atoms with Crippen molar-refractivity contribution >= 4 is 23.2 Å². The molecule has 2 aromatic rings. The summed E-state index contributed by atoms with van der Waals surface area (Å²) in [7, 11) is 4.11. The van der Waals surface area contributed by atoms with Gasteiger partial charge in [0.1, 0.15) is 17.3 Å². The van der Waals surface area contributed by atoms with Crippen molar-refractivity contribution in [3.8, 4) is 0 Å². The summed E-state index contributed by atoms with van der Waals surface area (Å²) in [6.45, 7) is 1.89.